The van der Waals surface area contributed by atoms with E-state index in [0.717, 1.165) is 58.9 Å². The molecule has 8 rings (SSSR count). The number of benzene rings is 3. The Labute approximate surface area is 361 Å². The molecule has 3 fully saturated rings. The second kappa shape index (κ2) is 17.3. The minimum atomic E-state index is -0.921. The Morgan fingerprint density at radius 3 is 2.37 bits per heavy atom. The SMILES string of the molecule is CCC1C(C)C1N(Cc1ncc(-c2ccc(-c3ccc4c(ccc5[nH]c(C6C7CCC(C7)N6C(O)C(NC(=O)OC)C(C)C)nc54)c3)cc2F)[nH]1)C(=O)C(NC(=O)OC)C(C)C. The van der Waals surface area contributed by atoms with Crippen molar-refractivity contribution in [3.63, 3.8) is 0 Å². The lowest BCUT2D eigenvalue weighted by Crippen LogP contribution is -2.56. The molecule has 2 aromatic heterocycles. The Morgan fingerprint density at radius 1 is 0.968 bits per heavy atom. The van der Waals surface area contributed by atoms with Crippen LogP contribution in [-0.4, -0.2) is 97.6 Å². The van der Waals surface area contributed by atoms with Gasteiger partial charge in [0.25, 0.3) is 0 Å². The highest BCUT2D eigenvalue weighted by Gasteiger charge is 2.53. The summed E-state index contributed by atoms with van der Waals surface area (Å²) in [5.74, 6) is 1.45. The van der Waals surface area contributed by atoms with Crippen LogP contribution in [0, 0.1) is 35.4 Å². The number of fused-ring (bicyclic) bond motifs is 5. The first-order valence-electron chi connectivity index (χ1n) is 21.9. The lowest BCUT2D eigenvalue weighted by molar-refractivity contribution is -0.136. The number of nitrogens with zero attached hydrogens (tertiary/aromatic N) is 4. The van der Waals surface area contributed by atoms with Gasteiger partial charge in [0.1, 0.15) is 29.7 Å². The van der Waals surface area contributed by atoms with E-state index in [9.17, 15) is 19.5 Å². The van der Waals surface area contributed by atoms with Crippen molar-refractivity contribution in [2.45, 2.75) is 110 Å². The van der Waals surface area contributed by atoms with Crippen LogP contribution in [0.5, 0.6) is 0 Å². The highest BCUT2D eigenvalue weighted by Crippen LogP contribution is 2.51. The summed E-state index contributed by atoms with van der Waals surface area (Å²) in [7, 11) is 2.60. The maximum atomic E-state index is 16.0. The van der Waals surface area contributed by atoms with E-state index in [-0.39, 0.29) is 42.4 Å². The lowest BCUT2D eigenvalue weighted by Gasteiger charge is -2.41. The maximum Gasteiger partial charge on any atom is 0.407 e. The smallest absolute Gasteiger partial charge is 0.407 e. The molecule has 3 aromatic carbocycles. The molecule has 2 saturated carbocycles. The number of nitrogens with one attached hydrogen (secondary N) is 4. The molecule has 330 valence electrons. The molecule has 3 aliphatic rings. The largest absolute Gasteiger partial charge is 0.453 e. The number of H-pyrrole nitrogens is 2. The number of halogens is 1. The zero-order chi connectivity index (χ0) is 44.1. The topological polar surface area (TPSA) is 178 Å². The first kappa shape index (κ1) is 43.1. The van der Waals surface area contributed by atoms with Crippen LogP contribution in [0.1, 0.15) is 84.9 Å². The van der Waals surface area contributed by atoms with E-state index in [1.165, 1.54) is 20.3 Å². The summed E-state index contributed by atoms with van der Waals surface area (Å²) in [6.45, 7) is 12.1. The van der Waals surface area contributed by atoms with Crippen LogP contribution in [0.4, 0.5) is 14.0 Å². The number of hydrogen-bond acceptors (Lipinski definition) is 9. The van der Waals surface area contributed by atoms with E-state index >= 15 is 4.39 Å². The van der Waals surface area contributed by atoms with Crippen molar-refractivity contribution in [1.29, 1.82) is 0 Å². The van der Waals surface area contributed by atoms with Crippen molar-refractivity contribution >= 4 is 39.9 Å². The van der Waals surface area contributed by atoms with Crippen LogP contribution in [0.25, 0.3) is 44.2 Å². The highest BCUT2D eigenvalue weighted by molar-refractivity contribution is 6.05. The average molecular weight is 851 g/mol. The fourth-order valence-electron chi connectivity index (χ4n) is 10.4. The van der Waals surface area contributed by atoms with E-state index in [2.05, 4.69) is 44.3 Å². The first-order valence-corrected chi connectivity index (χ1v) is 21.9. The Kier molecular flexibility index (Phi) is 12.0. The van der Waals surface area contributed by atoms with Crippen molar-refractivity contribution in [2.75, 3.05) is 14.2 Å². The summed E-state index contributed by atoms with van der Waals surface area (Å²) in [4.78, 5) is 58.9. The third-order valence-electron chi connectivity index (χ3n) is 13.8. The van der Waals surface area contributed by atoms with E-state index in [1.807, 2.05) is 64.1 Å². The second-order valence-electron chi connectivity index (χ2n) is 18.1. The predicted octanol–water partition coefficient (Wildman–Crippen LogP) is 7.89. The number of aromatic nitrogens is 4. The van der Waals surface area contributed by atoms with Gasteiger partial charge in [-0.3, -0.25) is 9.69 Å². The highest BCUT2D eigenvalue weighted by atomic mass is 19.1. The van der Waals surface area contributed by atoms with Crippen LogP contribution in [0.3, 0.4) is 0 Å². The number of aliphatic hydroxyl groups is 1. The van der Waals surface area contributed by atoms with Crippen molar-refractivity contribution in [1.82, 2.24) is 40.4 Å². The predicted molar refractivity (Wildman–Crippen MR) is 234 cm³/mol. The number of rotatable bonds is 14. The van der Waals surface area contributed by atoms with Gasteiger partial charge < -0.3 is 40.1 Å². The molecule has 5 N–H and O–H groups in total. The van der Waals surface area contributed by atoms with Crippen LogP contribution < -0.4 is 10.6 Å². The number of methoxy groups -OCH3 is 2. The maximum absolute atomic E-state index is 16.0. The van der Waals surface area contributed by atoms with Gasteiger partial charge in [-0.05, 0) is 89.6 Å². The number of imidazole rings is 2. The van der Waals surface area contributed by atoms with Gasteiger partial charge in [-0.25, -0.2) is 23.9 Å². The summed E-state index contributed by atoms with van der Waals surface area (Å²) in [6.07, 6.45) is 3.34. The minimum absolute atomic E-state index is 0.00138. The molecule has 2 bridgehead atoms. The van der Waals surface area contributed by atoms with Gasteiger partial charge in [-0.1, -0.05) is 72.2 Å². The lowest BCUT2D eigenvalue weighted by atomic mass is 9.95. The molecule has 0 spiro atoms. The van der Waals surface area contributed by atoms with Gasteiger partial charge in [0, 0.05) is 23.0 Å². The fraction of sp³-hybridized carbons (Fsp3) is 0.511. The molecule has 14 nitrogen and oxygen atoms in total. The standard InChI is InChI=1S/C47H59FN8O6/c1-9-31-25(6)41(31)55(44(57)38(23(2)3)53-46(59)61-7)22-37-49-21-36(50-37)33-16-12-27(20-34(33)48)26-11-15-32-28(18-26)13-17-35-40(32)52-43(51-35)42-29-10-14-30(19-29)56(42)45(58)39(24(4)5)54-47(60)62-8/h11-13,15-18,20-21,23-25,29-31,38-39,41-42,45,58H,9-10,14,19,22H2,1-8H3,(H,49,50)(H,51,52)(H,53,59)(H,54,60). The molecular formula is C47H59FN8O6. The number of amides is 3. The number of ether oxygens (including phenoxy) is 2. The Hall–Kier alpha value is -5.54. The van der Waals surface area contributed by atoms with E-state index in [4.69, 9.17) is 14.5 Å². The molecule has 9 atom stereocenters. The number of carbonyl (C=O) groups is 3. The quantitative estimate of drug-likeness (QED) is 0.0744. The molecule has 62 heavy (non-hydrogen) atoms. The number of hydrogen-bond donors (Lipinski definition) is 5. The number of aliphatic hydroxyl groups excluding tert-OH is 1. The minimum Gasteiger partial charge on any atom is -0.453 e. The van der Waals surface area contributed by atoms with E-state index in [1.54, 1.807) is 17.2 Å². The van der Waals surface area contributed by atoms with Gasteiger partial charge in [-0.15, -0.1) is 0 Å². The molecule has 9 unspecified atom stereocenters. The van der Waals surface area contributed by atoms with Crippen LogP contribution in [-0.2, 0) is 20.8 Å². The second-order valence-corrected chi connectivity index (χ2v) is 18.1. The number of carbonyl (C=O) groups excluding carboxylic acids is 3. The third kappa shape index (κ3) is 8.00. The zero-order valence-corrected chi connectivity index (χ0v) is 36.7. The van der Waals surface area contributed by atoms with Crippen molar-refractivity contribution in [3.05, 3.63) is 72.2 Å². The fourth-order valence-corrected chi connectivity index (χ4v) is 10.4. The summed E-state index contributed by atoms with van der Waals surface area (Å²) in [5.41, 5.74) is 4.13. The molecule has 5 aromatic rings. The van der Waals surface area contributed by atoms with Crippen molar-refractivity contribution in [3.8, 4) is 22.4 Å². The van der Waals surface area contributed by atoms with Crippen LogP contribution >= 0.6 is 0 Å². The Morgan fingerprint density at radius 2 is 1.69 bits per heavy atom. The molecule has 2 aliphatic carbocycles. The third-order valence-corrected chi connectivity index (χ3v) is 13.8. The summed E-state index contributed by atoms with van der Waals surface area (Å²) in [5, 5.41) is 19.3. The average Bonchev–Trinajstić information content (AvgIpc) is 3.86. The summed E-state index contributed by atoms with van der Waals surface area (Å²) < 4.78 is 25.7. The number of piperidine rings is 1. The summed E-state index contributed by atoms with van der Waals surface area (Å²) in [6, 6.07) is 14.0. The van der Waals surface area contributed by atoms with Crippen molar-refractivity contribution in [2.24, 2.45) is 29.6 Å². The molecular weight excluding hydrogens is 792 g/mol. The molecule has 0 radical (unpaired) electrons. The Balaban J connectivity index is 1.02. The first-order chi connectivity index (χ1) is 29.7. The van der Waals surface area contributed by atoms with Gasteiger partial charge in [0.2, 0.25) is 5.91 Å². The van der Waals surface area contributed by atoms with Gasteiger partial charge in [0.05, 0.1) is 55.8 Å². The number of likely N-dealkylation sites (tertiary alicyclic amines) is 1. The normalized spacial score (nSPS) is 23.5. The van der Waals surface area contributed by atoms with Gasteiger partial charge in [0.15, 0.2) is 0 Å². The van der Waals surface area contributed by atoms with Crippen LogP contribution in [0.15, 0.2) is 54.7 Å². The molecule has 1 aliphatic heterocycles. The molecule has 3 heterocycles. The van der Waals surface area contributed by atoms with E-state index in [0.29, 0.717) is 40.4 Å². The number of aromatic amines is 2. The Bertz CT molecular complexity index is 2470. The van der Waals surface area contributed by atoms with Crippen LogP contribution in [0.2, 0.25) is 0 Å². The molecule has 1 saturated heterocycles. The van der Waals surface area contributed by atoms with Crippen molar-refractivity contribution < 1.29 is 33.4 Å². The monoisotopic (exact) mass is 850 g/mol. The molecule has 3 amide bonds. The van der Waals surface area contributed by atoms with E-state index < -0.39 is 36.3 Å². The number of alkyl carbamates (subject to hydrolysis) is 2. The van der Waals surface area contributed by atoms with Gasteiger partial charge >= 0.3 is 12.2 Å². The summed E-state index contributed by atoms with van der Waals surface area (Å²) >= 11 is 0. The zero-order valence-electron chi connectivity index (χ0n) is 36.7. The van der Waals surface area contributed by atoms with Gasteiger partial charge in [-0.2, -0.15) is 0 Å². The molecule has 15 heteroatoms.